The lowest BCUT2D eigenvalue weighted by atomic mass is 10.2. The lowest BCUT2D eigenvalue weighted by molar-refractivity contribution is -0.113. The number of ether oxygens (including phenoxy) is 1. The van der Waals surface area contributed by atoms with Crippen molar-refractivity contribution in [2.24, 2.45) is 0 Å². The number of aryl methyl sites for hydroxylation is 1. The van der Waals surface area contributed by atoms with E-state index in [4.69, 9.17) is 16.3 Å². The molecule has 33 heavy (non-hydrogen) atoms. The molecule has 3 aromatic rings. The van der Waals surface area contributed by atoms with Crippen LogP contribution in [0.5, 0.6) is 5.75 Å². The van der Waals surface area contributed by atoms with Crippen molar-refractivity contribution in [3.05, 3.63) is 77.1 Å². The molecular weight excluding hydrogens is 462 g/mol. The number of carbonyl (C=O) groups excluding carboxylic acids is 2. The molecule has 1 heterocycles. The Kier molecular flexibility index (Phi) is 8.51. The summed E-state index contributed by atoms with van der Waals surface area (Å²) in [6, 6.07) is 12.3. The van der Waals surface area contributed by atoms with Gasteiger partial charge in [0, 0.05) is 17.1 Å². The number of nitrogens with zero attached hydrogens (tertiary/aromatic N) is 3. The van der Waals surface area contributed by atoms with Gasteiger partial charge < -0.3 is 19.9 Å². The summed E-state index contributed by atoms with van der Waals surface area (Å²) >= 11 is 7.20. The summed E-state index contributed by atoms with van der Waals surface area (Å²) in [5, 5.41) is 15.1. The van der Waals surface area contributed by atoms with Gasteiger partial charge in [-0.2, -0.15) is 0 Å². The van der Waals surface area contributed by atoms with Gasteiger partial charge in [-0.1, -0.05) is 41.6 Å². The van der Waals surface area contributed by atoms with Gasteiger partial charge in [0.2, 0.25) is 5.91 Å². The number of allylic oxidation sites excluding steroid dienone is 1. The van der Waals surface area contributed by atoms with E-state index >= 15 is 0 Å². The highest BCUT2D eigenvalue weighted by molar-refractivity contribution is 7.99. The molecule has 3 rings (SSSR count). The Morgan fingerprint density at radius 1 is 1.24 bits per heavy atom. The molecule has 172 valence electrons. The van der Waals surface area contributed by atoms with Crippen molar-refractivity contribution in [3.8, 4) is 5.75 Å². The van der Waals surface area contributed by atoms with E-state index in [1.807, 2.05) is 25.1 Å². The van der Waals surface area contributed by atoms with Gasteiger partial charge in [-0.15, -0.1) is 16.8 Å². The van der Waals surface area contributed by atoms with Gasteiger partial charge in [-0.05, 0) is 42.8 Å². The number of nitrogens with one attached hydrogen (secondary N) is 2. The minimum Gasteiger partial charge on any atom is -0.495 e. The number of hydrogen-bond donors (Lipinski definition) is 2. The van der Waals surface area contributed by atoms with E-state index in [2.05, 4.69) is 27.4 Å². The van der Waals surface area contributed by atoms with Crippen LogP contribution in [0.2, 0.25) is 5.02 Å². The van der Waals surface area contributed by atoms with Crippen LogP contribution in [0.1, 0.15) is 21.7 Å². The van der Waals surface area contributed by atoms with Crippen LogP contribution in [0.4, 0.5) is 5.69 Å². The summed E-state index contributed by atoms with van der Waals surface area (Å²) in [6.07, 6.45) is 1.70. The van der Waals surface area contributed by atoms with Crippen molar-refractivity contribution < 1.29 is 14.3 Å². The Hall–Kier alpha value is -3.30. The fourth-order valence-corrected chi connectivity index (χ4v) is 3.95. The Labute approximate surface area is 201 Å². The van der Waals surface area contributed by atoms with E-state index in [9.17, 15) is 9.59 Å². The minimum absolute atomic E-state index is 0.126. The lowest BCUT2D eigenvalue weighted by Crippen LogP contribution is -2.24. The third-order valence-corrected chi connectivity index (χ3v) is 5.76. The van der Waals surface area contributed by atoms with Gasteiger partial charge in [-0.25, -0.2) is 0 Å². The van der Waals surface area contributed by atoms with E-state index in [0.717, 1.165) is 5.56 Å². The fourth-order valence-electron chi connectivity index (χ4n) is 3.00. The van der Waals surface area contributed by atoms with Crippen molar-refractivity contribution in [2.75, 3.05) is 18.2 Å². The Bertz CT molecular complexity index is 1160. The second-order valence-electron chi connectivity index (χ2n) is 7.03. The number of benzene rings is 2. The molecule has 1 aromatic heterocycles. The highest BCUT2D eigenvalue weighted by Crippen LogP contribution is 2.26. The number of hydrogen-bond acceptors (Lipinski definition) is 6. The maximum atomic E-state index is 12.5. The molecule has 0 bridgehead atoms. The number of thioether (sulfide) groups is 1. The van der Waals surface area contributed by atoms with E-state index in [0.29, 0.717) is 39.5 Å². The number of aromatic nitrogens is 3. The maximum Gasteiger partial charge on any atom is 0.251 e. The minimum atomic E-state index is -0.272. The van der Waals surface area contributed by atoms with Gasteiger partial charge in [0.05, 0.1) is 25.1 Å². The number of amides is 2. The van der Waals surface area contributed by atoms with Crippen LogP contribution >= 0.6 is 23.4 Å². The highest BCUT2D eigenvalue weighted by atomic mass is 35.5. The highest BCUT2D eigenvalue weighted by Gasteiger charge is 2.16. The van der Waals surface area contributed by atoms with Crippen LogP contribution in [0.3, 0.4) is 0 Å². The van der Waals surface area contributed by atoms with E-state index in [1.165, 1.54) is 11.8 Å². The Morgan fingerprint density at radius 3 is 2.79 bits per heavy atom. The molecule has 0 atom stereocenters. The monoisotopic (exact) mass is 485 g/mol. The van der Waals surface area contributed by atoms with Gasteiger partial charge in [-0.3, -0.25) is 9.59 Å². The lowest BCUT2D eigenvalue weighted by Gasteiger charge is -2.11. The number of rotatable bonds is 10. The molecule has 0 saturated heterocycles. The zero-order chi connectivity index (χ0) is 23.8. The quantitative estimate of drug-likeness (QED) is 0.331. The molecule has 0 fully saturated rings. The van der Waals surface area contributed by atoms with Crippen LogP contribution in [0, 0.1) is 6.92 Å². The molecule has 8 nitrogen and oxygen atoms in total. The van der Waals surface area contributed by atoms with Gasteiger partial charge in [0.15, 0.2) is 11.0 Å². The maximum absolute atomic E-state index is 12.5. The van der Waals surface area contributed by atoms with E-state index in [1.54, 1.807) is 42.0 Å². The summed E-state index contributed by atoms with van der Waals surface area (Å²) in [4.78, 5) is 24.9. The number of halogens is 1. The summed E-state index contributed by atoms with van der Waals surface area (Å²) < 4.78 is 7.10. The number of carbonyl (C=O) groups is 2. The molecule has 0 aliphatic heterocycles. The molecule has 0 radical (unpaired) electrons. The molecule has 2 aromatic carbocycles. The first-order chi connectivity index (χ1) is 15.9. The Balaban J connectivity index is 1.63. The van der Waals surface area contributed by atoms with Crippen LogP contribution in [-0.4, -0.2) is 39.4 Å². The molecule has 0 saturated carbocycles. The third kappa shape index (κ3) is 6.59. The number of anilines is 1. The van der Waals surface area contributed by atoms with Gasteiger partial charge in [0.25, 0.3) is 5.91 Å². The van der Waals surface area contributed by atoms with Crippen LogP contribution in [0.15, 0.2) is 60.3 Å². The van der Waals surface area contributed by atoms with Crippen LogP contribution in [0.25, 0.3) is 0 Å². The average Bonchev–Trinajstić information content (AvgIpc) is 3.18. The largest absolute Gasteiger partial charge is 0.495 e. The predicted octanol–water partition coefficient (Wildman–Crippen LogP) is 4.10. The van der Waals surface area contributed by atoms with Crippen molar-refractivity contribution in [3.63, 3.8) is 0 Å². The van der Waals surface area contributed by atoms with Gasteiger partial charge >= 0.3 is 0 Å². The van der Waals surface area contributed by atoms with Crippen molar-refractivity contribution in [1.82, 2.24) is 20.1 Å². The first-order valence-corrected chi connectivity index (χ1v) is 11.4. The fraction of sp³-hybridized carbons (Fsp3) is 0.217. The standard InChI is InChI=1S/C23H24ClN5O3S/c1-4-10-29-20(13-25-22(31)16-6-5-7-17(24)12-16)27-28-23(29)33-14-21(30)26-18-11-15(2)8-9-19(18)32-3/h4-9,11-12H,1,10,13-14H2,2-3H3,(H,25,31)(H,26,30). The topological polar surface area (TPSA) is 98.1 Å². The summed E-state index contributed by atoms with van der Waals surface area (Å²) in [6.45, 7) is 6.31. The van der Waals surface area contributed by atoms with Crippen molar-refractivity contribution in [1.29, 1.82) is 0 Å². The second-order valence-corrected chi connectivity index (χ2v) is 8.41. The zero-order valence-electron chi connectivity index (χ0n) is 18.3. The third-order valence-electron chi connectivity index (χ3n) is 4.56. The molecule has 0 unspecified atom stereocenters. The summed E-state index contributed by atoms with van der Waals surface area (Å²) in [5.41, 5.74) is 2.07. The molecular formula is C23H24ClN5O3S. The van der Waals surface area contributed by atoms with E-state index < -0.39 is 0 Å². The molecule has 10 heteroatoms. The SMILES string of the molecule is C=CCn1c(CNC(=O)c2cccc(Cl)c2)nnc1SCC(=O)Nc1cc(C)ccc1OC. The molecule has 0 aliphatic rings. The summed E-state index contributed by atoms with van der Waals surface area (Å²) in [7, 11) is 1.56. The first-order valence-electron chi connectivity index (χ1n) is 10.0. The van der Waals surface area contributed by atoms with Crippen molar-refractivity contribution >= 4 is 40.9 Å². The van der Waals surface area contributed by atoms with Crippen molar-refractivity contribution in [2.45, 2.75) is 25.2 Å². The normalized spacial score (nSPS) is 10.5. The van der Waals surface area contributed by atoms with Gasteiger partial charge in [0.1, 0.15) is 5.75 Å². The predicted molar refractivity (Wildman–Crippen MR) is 130 cm³/mol. The molecule has 0 aliphatic carbocycles. The zero-order valence-corrected chi connectivity index (χ0v) is 19.9. The van der Waals surface area contributed by atoms with E-state index in [-0.39, 0.29) is 24.1 Å². The average molecular weight is 486 g/mol. The first kappa shape index (κ1) is 24.3. The molecule has 2 amide bonds. The molecule has 2 N–H and O–H groups in total. The van der Waals surface area contributed by atoms with Crippen LogP contribution < -0.4 is 15.4 Å². The number of methoxy groups -OCH3 is 1. The molecule has 0 spiro atoms. The van der Waals surface area contributed by atoms with Crippen LogP contribution in [-0.2, 0) is 17.9 Å². The second kappa shape index (κ2) is 11.5. The summed E-state index contributed by atoms with van der Waals surface area (Å²) in [5.74, 6) is 0.792. The Morgan fingerprint density at radius 2 is 2.06 bits per heavy atom. The smallest absolute Gasteiger partial charge is 0.251 e.